The Hall–Kier alpha value is -5.28. The number of nitrogens with zero attached hydrogens (tertiary/aromatic N) is 3. The number of oxime groups is 1. The molecule has 0 aliphatic carbocycles. The summed E-state index contributed by atoms with van der Waals surface area (Å²) >= 11 is 2.36. The molecule has 1 unspecified atom stereocenters. The molecule has 3 aromatic rings. The van der Waals surface area contributed by atoms with Crippen molar-refractivity contribution < 1.29 is 38.3 Å². The van der Waals surface area contributed by atoms with Crippen molar-refractivity contribution in [3.8, 4) is 0 Å². The van der Waals surface area contributed by atoms with Crippen LogP contribution in [0.15, 0.2) is 95.1 Å². The lowest BCUT2D eigenvalue weighted by molar-refractivity contribution is -0.160. The van der Waals surface area contributed by atoms with Crippen LogP contribution in [0.4, 0.5) is 5.13 Å². The summed E-state index contributed by atoms with van der Waals surface area (Å²) in [7, 11) is 0. The quantitative estimate of drug-likeness (QED) is 0.0876. The summed E-state index contributed by atoms with van der Waals surface area (Å²) < 4.78 is 11.3. The maximum absolute atomic E-state index is 13.9. The summed E-state index contributed by atoms with van der Waals surface area (Å²) in [5.74, 6) is -2.49. The summed E-state index contributed by atoms with van der Waals surface area (Å²) in [6.45, 7) is 8.31. The molecule has 49 heavy (non-hydrogen) atoms. The molecule has 2 aromatic carbocycles. The van der Waals surface area contributed by atoms with Crippen molar-refractivity contribution in [1.82, 2.24) is 15.2 Å². The van der Waals surface area contributed by atoms with Crippen LogP contribution < -0.4 is 10.6 Å². The molecule has 3 heterocycles. The van der Waals surface area contributed by atoms with Crippen LogP contribution in [0, 0.1) is 0 Å². The Labute approximate surface area is 290 Å². The summed E-state index contributed by atoms with van der Waals surface area (Å²) in [4.78, 5) is 74.8. The second kappa shape index (κ2) is 15.3. The lowest BCUT2D eigenvalue weighted by Crippen LogP contribution is -2.71. The van der Waals surface area contributed by atoms with E-state index >= 15 is 0 Å². The number of amides is 3. The lowest BCUT2D eigenvalue weighted by atomic mass is 10.0. The van der Waals surface area contributed by atoms with Crippen LogP contribution in [0.3, 0.4) is 0 Å². The van der Waals surface area contributed by atoms with E-state index in [1.165, 1.54) is 28.1 Å². The van der Waals surface area contributed by atoms with Crippen LogP contribution in [0.2, 0.25) is 0 Å². The second-order valence-electron chi connectivity index (χ2n) is 11.6. The number of esters is 2. The Balaban J connectivity index is 1.35. The van der Waals surface area contributed by atoms with Gasteiger partial charge in [-0.2, -0.15) is 0 Å². The number of ether oxygens (including phenoxy) is 2. The normalized spacial score (nSPS) is 17.4. The molecule has 0 bridgehead atoms. The fraction of sp³-hybridized carbons (Fsp3) is 0.265. The largest absolute Gasteiger partial charge is 0.457 e. The van der Waals surface area contributed by atoms with Crippen LogP contribution in [-0.4, -0.2) is 75.1 Å². The number of carbonyl (C=O) groups is 5. The number of hydrogen-bond acceptors (Lipinski definition) is 12. The minimum atomic E-state index is -1.05. The SMILES string of the molecule is C=CC1=C(C(=O)OC(c2ccccc2)c2ccccc2)N2C(=O)C(NC(=O)C(=NOCC(=O)OC(C)(C)C)c3csc(NC=O)n3)[C@@H]2SC1. The summed E-state index contributed by atoms with van der Waals surface area (Å²) in [6, 6.07) is 17.5. The molecule has 0 spiro atoms. The zero-order chi connectivity index (χ0) is 35.1. The van der Waals surface area contributed by atoms with Crippen molar-refractivity contribution >= 4 is 64.1 Å². The molecule has 13 nitrogen and oxygen atoms in total. The predicted octanol–water partition coefficient (Wildman–Crippen LogP) is 3.95. The van der Waals surface area contributed by atoms with E-state index in [1.54, 1.807) is 20.8 Å². The molecule has 2 atom stereocenters. The van der Waals surface area contributed by atoms with Gasteiger partial charge in [-0.15, -0.1) is 23.1 Å². The van der Waals surface area contributed by atoms with Gasteiger partial charge in [0.05, 0.1) is 0 Å². The van der Waals surface area contributed by atoms with Gasteiger partial charge in [0.1, 0.15) is 28.4 Å². The van der Waals surface area contributed by atoms with Crippen molar-refractivity contribution in [1.29, 1.82) is 0 Å². The summed E-state index contributed by atoms with van der Waals surface area (Å²) in [5, 5.41) is 9.88. The average Bonchev–Trinajstić information content (AvgIpc) is 3.55. The maximum Gasteiger partial charge on any atom is 0.356 e. The maximum atomic E-state index is 13.9. The molecule has 1 aromatic heterocycles. The monoisotopic (exact) mass is 703 g/mol. The number of benzene rings is 2. The van der Waals surface area contributed by atoms with Gasteiger partial charge in [-0.05, 0) is 37.5 Å². The summed E-state index contributed by atoms with van der Waals surface area (Å²) in [6.07, 6.45) is 1.19. The minimum Gasteiger partial charge on any atom is -0.457 e. The third-order valence-corrected chi connectivity index (χ3v) is 9.13. The van der Waals surface area contributed by atoms with E-state index in [0.717, 1.165) is 22.5 Å². The van der Waals surface area contributed by atoms with Gasteiger partial charge in [0.25, 0.3) is 11.8 Å². The third kappa shape index (κ3) is 8.24. The van der Waals surface area contributed by atoms with Crippen LogP contribution in [0.1, 0.15) is 43.7 Å². The zero-order valence-corrected chi connectivity index (χ0v) is 28.4. The Kier molecular flexibility index (Phi) is 10.9. The van der Waals surface area contributed by atoms with Crippen molar-refractivity contribution in [2.24, 2.45) is 5.16 Å². The molecule has 0 saturated carbocycles. The van der Waals surface area contributed by atoms with Gasteiger partial charge in [-0.3, -0.25) is 19.3 Å². The molecule has 2 aliphatic heterocycles. The van der Waals surface area contributed by atoms with Gasteiger partial charge in [-0.1, -0.05) is 78.5 Å². The van der Waals surface area contributed by atoms with Crippen LogP contribution in [-0.2, 0) is 38.3 Å². The molecular weight excluding hydrogens is 671 g/mol. The molecule has 15 heteroatoms. The number of thioether (sulfide) groups is 1. The fourth-order valence-corrected chi connectivity index (χ4v) is 6.96. The van der Waals surface area contributed by atoms with E-state index in [2.05, 4.69) is 27.4 Å². The molecule has 0 radical (unpaired) electrons. The first-order valence-electron chi connectivity index (χ1n) is 15.0. The molecule has 1 saturated heterocycles. The zero-order valence-electron chi connectivity index (χ0n) is 26.8. The van der Waals surface area contributed by atoms with Crippen LogP contribution in [0.25, 0.3) is 0 Å². The number of nitrogens with one attached hydrogen (secondary N) is 2. The van der Waals surface area contributed by atoms with Gasteiger partial charge < -0.3 is 24.9 Å². The van der Waals surface area contributed by atoms with Crippen LogP contribution in [0.5, 0.6) is 0 Å². The van der Waals surface area contributed by atoms with Crippen molar-refractivity contribution in [3.05, 3.63) is 107 Å². The average molecular weight is 704 g/mol. The van der Waals surface area contributed by atoms with Gasteiger partial charge in [0, 0.05) is 11.1 Å². The first-order valence-corrected chi connectivity index (χ1v) is 16.9. The molecule has 2 aliphatic rings. The Morgan fingerprint density at radius 2 is 1.76 bits per heavy atom. The number of aromatic nitrogens is 1. The first kappa shape index (κ1) is 35.0. The van der Waals surface area contributed by atoms with E-state index < -0.39 is 53.5 Å². The van der Waals surface area contributed by atoms with Crippen molar-refractivity contribution in [2.45, 2.75) is 43.9 Å². The number of rotatable bonds is 13. The number of hydrogen-bond donors (Lipinski definition) is 2. The first-order chi connectivity index (χ1) is 23.5. The molecule has 2 N–H and O–H groups in total. The molecule has 254 valence electrons. The number of fused-ring (bicyclic) bond motifs is 1. The Morgan fingerprint density at radius 1 is 1.10 bits per heavy atom. The number of β-lactam (4-membered cyclic amide) rings is 1. The molecule has 3 amide bonds. The number of carbonyl (C=O) groups excluding carboxylic acids is 5. The van der Waals surface area contributed by atoms with Crippen molar-refractivity contribution in [2.75, 3.05) is 17.7 Å². The second-order valence-corrected chi connectivity index (χ2v) is 13.6. The Morgan fingerprint density at radius 3 is 2.35 bits per heavy atom. The van der Waals surface area contributed by atoms with Gasteiger partial charge >= 0.3 is 11.9 Å². The fourth-order valence-electron chi connectivity index (χ4n) is 4.97. The number of anilines is 1. The van der Waals surface area contributed by atoms with E-state index in [4.69, 9.17) is 14.3 Å². The van der Waals surface area contributed by atoms with Crippen molar-refractivity contribution in [3.63, 3.8) is 0 Å². The molecular formula is C34H33N5O8S2. The van der Waals surface area contributed by atoms with Gasteiger partial charge in [0.2, 0.25) is 13.0 Å². The minimum absolute atomic E-state index is 0.0296. The predicted molar refractivity (Wildman–Crippen MR) is 183 cm³/mol. The highest BCUT2D eigenvalue weighted by atomic mass is 32.2. The topological polar surface area (TPSA) is 166 Å². The van der Waals surface area contributed by atoms with Gasteiger partial charge in [0.15, 0.2) is 16.9 Å². The van der Waals surface area contributed by atoms with E-state index in [0.29, 0.717) is 17.7 Å². The molecule has 1 fully saturated rings. The molecule has 5 rings (SSSR count). The third-order valence-electron chi connectivity index (χ3n) is 7.06. The Bertz CT molecular complexity index is 1760. The van der Waals surface area contributed by atoms with Gasteiger partial charge in [-0.25, -0.2) is 14.6 Å². The number of thiazole rings is 1. The van der Waals surface area contributed by atoms with E-state index in [9.17, 15) is 24.0 Å². The number of allylic oxidation sites excluding steroid dienone is 1. The lowest BCUT2D eigenvalue weighted by Gasteiger charge is -2.49. The van der Waals surface area contributed by atoms with E-state index in [1.807, 2.05) is 60.7 Å². The summed E-state index contributed by atoms with van der Waals surface area (Å²) in [5.41, 5.74) is 0.975. The highest BCUT2D eigenvalue weighted by molar-refractivity contribution is 8.00. The smallest absolute Gasteiger partial charge is 0.356 e. The highest BCUT2D eigenvalue weighted by Gasteiger charge is 2.54. The standard InChI is InChI=1S/C34H33N5O8S2/c1-5-20-17-48-31-26(37-29(42)25(23-18-49-33(36-23)35-19-40)38-45-16-24(41)47-34(2,3)4)30(43)39(31)27(20)32(44)46-28(21-12-8-6-9-13-21)22-14-10-7-11-15-22/h5-15,18-19,26,28,31H,1,16-17H2,2-4H3,(H,37,42)(H,35,36,40)/t26?,31-/m0/s1. The van der Waals surface area contributed by atoms with E-state index in [-0.39, 0.29) is 22.2 Å². The van der Waals surface area contributed by atoms with Crippen LogP contribution >= 0.6 is 23.1 Å². The highest BCUT2D eigenvalue weighted by Crippen LogP contribution is 2.42.